The third-order valence-corrected chi connectivity index (χ3v) is 2.80. The summed E-state index contributed by atoms with van der Waals surface area (Å²) in [5.74, 6) is 2.54. The molecule has 0 aromatic rings. The van der Waals surface area contributed by atoms with Gasteiger partial charge in [0.25, 0.3) is 0 Å². The first-order chi connectivity index (χ1) is 6.53. The van der Waals surface area contributed by atoms with E-state index >= 15 is 0 Å². The van der Waals surface area contributed by atoms with Gasteiger partial charge in [-0.15, -0.1) is 6.42 Å². The molecule has 0 N–H and O–H groups in total. The van der Waals surface area contributed by atoms with Crippen molar-refractivity contribution in [2.24, 2.45) is 0 Å². The van der Waals surface area contributed by atoms with E-state index in [-0.39, 0.29) is 17.6 Å². The maximum Gasteiger partial charge on any atom is 0.323 e. The smallest absolute Gasteiger partial charge is 0.323 e. The Kier molecular flexibility index (Phi) is 3.17. The average molecular weight is 195 g/mol. The molecule has 1 atom stereocenters. The Morgan fingerprint density at radius 3 is 2.79 bits per heavy atom. The van der Waals surface area contributed by atoms with Gasteiger partial charge in [-0.05, 0) is 26.7 Å². The number of rotatable bonds is 2. The van der Waals surface area contributed by atoms with Gasteiger partial charge in [-0.1, -0.05) is 5.92 Å². The highest BCUT2D eigenvalue weighted by molar-refractivity contribution is 5.76. The predicted octanol–water partition coefficient (Wildman–Crippen LogP) is 1.04. The number of carbonyl (C=O) groups excluding carboxylic acids is 1. The molecule has 1 heterocycles. The van der Waals surface area contributed by atoms with E-state index < -0.39 is 0 Å². The lowest BCUT2D eigenvalue weighted by Crippen LogP contribution is -2.49. The van der Waals surface area contributed by atoms with Crippen LogP contribution in [0.4, 0.5) is 0 Å². The molecule has 1 saturated heterocycles. The Labute approximate surface area is 85.4 Å². The van der Waals surface area contributed by atoms with Crippen molar-refractivity contribution in [1.82, 2.24) is 4.90 Å². The molecule has 3 heteroatoms. The van der Waals surface area contributed by atoms with E-state index in [0.29, 0.717) is 0 Å². The number of esters is 1. The summed E-state index contributed by atoms with van der Waals surface area (Å²) in [4.78, 5) is 13.5. The largest absolute Gasteiger partial charge is 0.468 e. The average Bonchev–Trinajstić information content (AvgIpc) is 2.65. The first-order valence-electron chi connectivity index (χ1n) is 4.85. The highest BCUT2D eigenvalue weighted by atomic mass is 16.5. The molecule has 1 aliphatic rings. The van der Waals surface area contributed by atoms with Crippen molar-refractivity contribution >= 4 is 5.97 Å². The van der Waals surface area contributed by atoms with Gasteiger partial charge >= 0.3 is 5.97 Å². The number of nitrogens with zero attached hydrogens (tertiary/aromatic N) is 1. The molecule has 0 saturated carbocycles. The molecule has 1 fully saturated rings. The zero-order valence-electron chi connectivity index (χ0n) is 9.04. The van der Waals surface area contributed by atoms with Gasteiger partial charge in [-0.2, -0.15) is 0 Å². The van der Waals surface area contributed by atoms with Crippen LogP contribution >= 0.6 is 0 Å². The van der Waals surface area contributed by atoms with Gasteiger partial charge < -0.3 is 4.74 Å². The number of ether oxygens (including phenoxy) is 1. The SMILES string of the molecule is C#CC(C)(C)N1CCCC1C(=O)OC. The van der Waals surface area contributed by atoms with E-state index in [2.05, 4.69) is 5.92 Å². The van der Waals surface area contributed by atoms with Gasteiger partial charge in [-0.3, -0.25) is 9.69 Å². The Morgan fingerprint density at radius 1 is 1.64 bits per heavy atom. The first kappa shape index (κ1) is 11.1. The lowest BCUT2D eigenvalue weighted by Gasteiger charge is -2.34. The summed E-state index contributed by atoms with van der Waals surface area (Å²) in [5, 5.41) is 0. The topological polar surface area (TPSA) is 29.5 Å². The quantitative estimate of drug-likeness (QED) is 0.487. The van der Waals surface area contributed by atoms with Crippen molar-refractivity contribution in [3.05, 3.63) is 0 Å². The molecule has 14 heavy (non-hydrogen) atoms. The predicted molar refractivity (Wildman–Crippen MR) is 54.7 cm³/mol. The van der Waals surface area contributed by atoms with Gasteiger partial charge in [0, 0.05) is 6.54 Å². The van der Waals surface area contributed by atoms with Crippen molar-refractivity contribution in [2.45, 2.75) is 38.3 Å². The van der Waals surface area contributed by atoms with E-state index in [4.69, 9.17) is 11.2 Å². The van der Waals surface area contributed by atoms with Crippen LogP contribution in [0.5, 0.6) is 0 Å². The maximum absolute atomic E-state index is 11.5. The summed E-state index contributed by atoms with van der Waals surface area (Å²) >= 11 is 0. The minimum atomic E-state index is -0.366. The first-order valence-corrected chi connectivity index (χ1v) is 4.85. The fourth-order valence-electron chi connectivity index (χ4n) is 1.90. The van der Waals surface area contributed by atoms with Gasteiger partial charge in [0.15, 0.2) is 0 Å². The molecule has 0 aliphatic carbocycles. The van der Waals surface area contributed by atoms with Gasteiger partial charge in [0.2, 0.25) is 0 Å². The van der Waals surface area contributed by atoms with Crippen LogP contribution in [0.15, 0.2) is 0 Å². The van der Waals surface area contributed by atoms with Crippen molar-refractivity contribution < 1.29 is 9.53 Å². The summed E-state index contributed by atoms with van der Waals surface area (Å²) < 4.78 is 4.75. The second-order valence-corrected chi connectivity index (χ2v) is 4.08. The van der Waals surface area contributed by atoms with Crippen molar-refractivity contribution in [2.75, 3.05) is 13.7 Å². The summed E-state index contributed by atoms with van der Waals surface area (Å²) in [6, 6.07) is -0.161. The summed E-state index contributed by atoms with van der Waals surface area (Å²) in [6.07, 6.45) is 7.30. The van der Waals surface area contributed by atoms with Gasteiger partial charge in [-0.25, -0.2) is 0 Å². The van der Waals surface area contributed by atoms with Crippen LogP contribution in [0, 0.1) is 12.3 Å². The molecule has 3 nitrogen and oxygen atoms in total. The van der Waals surface area contributed by atoms with E-state index in [9.17, 15) is 4.79 Å². The van der Waals surface area contributed by atoms with Crippen molar-refractivity contribution in [3.8, 4) is 12.3 Å². The van der Waals surface area contributed by atoms with E-state index in [1.165, 1.54) is 7.11 Å². The molecule has 0 radical (unpaired) electrons. The zero-order chi connectivity index (χ0) is 10.8. The van der Waals surface area contributed by atoms with Crippen LogP contribution in [0.25, 0.3) is 0 Å². The fraction of sp³-hybridized carbons (Fsp3) is 0.727. The zero-order valence-corrected chi connectivity index (χ0v) is 9.04. The summed E-state index contributed by atoms with van der Waals surface area (Å²) in [7, 11) is 1.42. The number of hydrogen-bond acceptors (Lipinski definition) is 3. The number of methoxy groups -OCH3 is 1. The molecule has 1 aliphatic heterocycles. The Bertz CT molecular complexity index is 265. The molecular weight excluding hydrogens is 178 g/mol. The van der Waals surface area contributed by atoms with E-state index in [1.807, 2.05) is 18.7 Å². The summed E-state index contributed by atoms with van der Waals surface area (Å²) in [6.45, 7) is 4.78. The maximum atomic E-state index is 11.5. The molecule has 1 unspecified atom stereocenters. The van der Waals surface area contributed by atoms with E-state index in [0.717, 1.165) is 19.4 Å². The number of likely N-dealkylation sites (tertiary alicyclic amines) is 1. The van der Waals surface area contributed by atoms with Crippen LogP contribution in [-0.2, 0) is 9.53 Å². The minimum Gasteiger partial charge on any atom is -0.468 e. The standard InChI is InChI=1S/C11H17NO2/c1-5-11(2,3)12-8-6-7-9(12)10(13)14-4/h1,9H,6-8H2,2-4H3. The lowest BCUT2D eigenvalue weighted by atomic mass is 10.0. The second kappa shape index (κ2) is 4.02. The molecule has 0 aromatic carbocycles. The Balaban J connectivity index is 2.80. The normalized spacial score (nSPS) is 23.1. The molecule has 0 spiro atoms. The van der Waals surface area contributed by atoms with Crippen molar-refractivity contribution in [1.29, 1.82) is 0 Å². The highest BCUT2D eigenvalue weighted by Crippen LogP contribution is 2.26. The third-order valence-electron chi connectivity index (χ3n) is 2.80. The van der Waals surface area contributed by atoms with Crippen LogP contribution in [-0.4, -0.2) is 36.1 Å². The van der Waals surface area contributed by atoms with Crippen LogP contribution in [0.3, 0.4) is 0 Å². The van der Waals surface area contributed by atoms with Crippen LogP contribution < -0.4 is 0 Å². The molecule has 0 amide bonds. The van der Waals surface area contributed by atoms with Crippen LogP contribution in [0.2, 0.25) is 0 Å². The number of terminal acetylenes is 1. The fourth-order valence-corrected chi connectivity index (χ4v) is 1.90. The highest BCUT2D eigenvalue weighted by Gasteiger charge is 2.39. The number of carbonyl (C=O) groups is 1. The van der Waals surface area contributed by atoms with Crippen LogP contribution in [0.1, 0.15) is 26.7 Å². The molecule has 78 valence electrons. The monoisotopic (exact) mass is 195 g/mol. The van der Waals surface area contributed by atoms with E-state index in [1.54, 1.807) is 0 Å². The minimum absolute atomic E-state index is 0.161. The summed E-state index contributed by atoms with van der Waals surface area (Å²) in [5.41, 5.74) is -0.366. The Hall–Kier alpha value is -1.01. The van der Waals surface area contributed by atoms with Crippen molar-refractivity contribution in [3.63, 3.8) is 0 Å². The molecular formula is C11H17NO2. The molecule has 0 bridgehead atoms. The molecule has 0 aromatic heterocycles. The van der Waals surface area contributed by atoms with Gasteiger partial charge in [0.05, 0.1) is 12.6 Å². The third kappa shape index (κ3) is 1.91. The second-order valence-electron chi connectivity index (χ2n) is 4.08. The number of hydrogen-bond donors (Lipinski definition) is 0. The Morgan fingerprint density at radius 2 is 2.29 bits per heavy atom. The molecule has 1 rings (SSSR count). The lowest BCUT2D eigenvalue weighted by molar-refractivity contribution is -0.147. The van der Waals surface area contributed by atoms with Gasteiger partial charge in [0.1, 0.15) is 6.04 Å².